The van der Waals surface area contributed by atoms with E-state index in [1.54, 1.807) is 30.3 Å². The Morgan fingerprint density at radius 2 is 1.75 bits per heavy atom. The first-order chi connectivity index (χ1) is 11.3. The van der Waals surface area contributed by atoms with Gasteiger partial charge in [-0.1, -0.05) is 12.1 Å². The van der Waals surface area contributed by atoms with Crippen molar-refractivity contribution < 1.29 is 23.4 Å². The number of hydrogen-bond acceptors (Lipinski definition) is 2. The average Bonchev–Trinajstić information content (AvgIpc) is 2.54. The van der Waals surface area contributed by atoms with Crippen LogP contribution in [0.2, 0.25) is 0 Å². The van der Waals surface area contributed by atoms with Crippen molar-refractivity contribution in [2.24, 2.45) is 0 Å². The van der Waals surface area contributed by atoms with Crippen molar-refractivity contribution in [3.05, 3.63) is 71.8 Å². The maximum Gasteiger partial charge on any atom is 0.335 e. The predicted molar refractivity (Wildman–Crippen MR) is 87.0 cm³/mol. The second-order valence-electron chi connectivity index (χ2n) is 5.51. The van der Waals surface area contributed by atoms with Gasteiger partial charge in [-0.15, -0.1) is 0 Å². The van der Waals surface area contributed by atoms with E-state index >= 15 is 0 Å². The maximum atomic E-state index is 13.2. The molecule has 0 atom stereocenters. The SMILES string of the molecule is CC(F)(F)c1ccc(Oc2cccc3cc(C(=O)O)ccc23)cc1. The van der Waals surface area contributed by atoms with Gasteiger partial charge in [0.25, 0.3) is 5.92 Å². The summed E-state index contributed by atoms with van der Waals surface area (Å²) in [7, 11) is 0. The zero-order valence-corrected chi connectivity index (χ0v) is 12.8. The van der Waals surface area contributed by atoms with Gasteiger partial charge in [0.15, 0.2) is 0 Å². The number of ether oxygens (including phenoxy) is 1. The molecule has 3 aromatic rings. The van der Waals surface area contributed by atoms with Gasteiger partial charge in [-0.05, 0) is 53.9 Å². The van der Waals surface area contributed by atoms with Crippen LogP contribution in [0.3, 0.4) is 0 Å². The normalized spacial score (nSPS) is 11.5. The topological polar surface area (TPSA) is 46.5 Å². The van der Waals surface area contributed by atoms with E-state index in [0.717, 1.165) is 17.7 Å². The standard InChI is InChI=1S/C19H14F2O3/c1-19(20,21)14-6-8-15(9-7-14)24-17-4-2-3-12-11-13(18(22)23)5-10-16(12)17/h2-11H,1H3,(H,22,23). The second kappa shape index (κ2) is 5.92. The van der Waals surface area contributed by atoms with Crippen molar-refractivity contribution in [1.29, 1.82) is 0 Å². The van der Waals surface area contributed by atoms with Gasteiger partial charge in [0.2, 0.25) is 0 Å². The summed E-state index contributed by atoms with van der Waals surface area (Å²) < 4.78 is 32.2. The summed E-state index contributed by atoms with van der Waals surface area (Å²) in [5.74, 6) is -2.94. The number of carboxylic acids is 1. The highest BCUT2D eigenvalue weighted by Gasteiger charge is 2.23. The molecule has 0 saturated carbocycles. The van der Waals surface area contributed by atoms with E-state index in [-0.39, 0.29) is 11.1 Å². The largest absolute Gasteiger partial charge is 0.478 e. The predicted octanol–water partition coefficient (Wildman–Crippen LogP) is 5.44. The minimum atomic E-state index is -2.90. The van der Waals surface area contributed by atoms with E-state index in [4.69, 9.17) is 9.84 Å². The number of carbonyl (C=O) groups is 1. The van der Waals surface area contributed by atoms with Gasteiger partial charge in [0, 0.05) is 17.9 Å². The van der Waals surface area contributed by atoms with E-state index in [9.17, 15) is 13.6 Å². The van der Waals surface area contributed by atoms with E-state index in [1.807, 2.05) is 0 Å². The average molecular weight is 328 g/mol. The Morgan fingerprint density at radius 1 is 1.04 bits per heavy atom. The van der Waals surface area contributed by atoms with Crippen LogP contribution in [0, 0.1) is 0 Å². The molecular weight excluding hydrogens is 314 g/mol. The zero-order chi connectivity index (χ0) is 17.3. The molecule has 0 heterocycles. The van der Waals surface area contributed by atoms with E-state index in [0.29, 0.717) is 11.5 Å². The van der Waals surface area contributed by atoms with Crippen LogP contribution in [0.4, 0.5) is 8.78 Å². The molecule has 0 radical (unpaired) electrons. The number of benzene rings is 3. The summed E-state index contributed by atoms with van der Waals surface area (Å²) in [6, 6.07) is 15.6. The summed E-state index contributed by atoms with van der Waals surface area (Å²) in [6.45, 7) is 0.841. The van der Waals surface area contributed by atoms with Crippen molar-refractivity contribution in [2.45, 2.75) is 12.8 Å². The molecule has 0 saturated heterocycles. The maximum absolute atomic E-state index is 13.2. The van der Waals surface area contributed by atoms with Gasteiger partial charge < -0.3 is 9.84 Å². The minimum absolute atomic E-state index is 0.0844. The minimum Gasteiger partial charge on any atom is -0.478 e. The third-order valence-corrected chi connectivity index (χ3v) is 3.68. The third-order valence-electron chi connectivity index (χ3n) is 3.68. The van der Waals surface area contributed by atoms with Gasteiger partial charge in [-0.25, -0.2) is 13.6 Å². The fraction of sp³-hybridized carbons (Fsp3) is 0.105. The lowest BCUT2D eigenvalue weighted by Gasteiger charge is -2.12. The molecular formula is C19H14F2O3. The van der Waals surface area contributed by atoms with Crippen molar-refractivity contribution >= 4 is 16.7 Å². The summed E-state index contributed by atoms with van der Waals surface area (Å²) >= 11 is 0. The second-order valence-corrected chi connectivity index (χ2v) is 5.51. The van der Waals surface area contributed by atoms with Crippen molar-refractivity contribution in [2.75, 3.05) is 0 Å². The Kier molecular flexibility index (Phi) is 3.93. The molecule has 5 heteroatoms. The Balaban J connectivity index is 1.94. The molecule has 0 aliphatic heterocycles. The van der Waals surface area contributed by atoms with Crippen molar-refractivity contribution in [3.8, 4) is 11.5 Å². The van der Waals surface area contributed by atoms with E-state index in [2.05, 4.69) is 0 Å². The highest BCUT2D eigenvalue weighted by Crippen LogP contribution is 2.32. The molecule has 3 rings (SSSR count). The van der Waals surface area contributed by atoms with Gasteiger partial charge in [0.1, 0.15) is 11.5 Å². The Morgan fingerprint density at radius 3 is 2.38 bits per heavy atom. The molecule has 0 aliphatic carbocycles. The third kappa shape index (κ3) is 3.20. The number of alkyl halides is 2. The molecule has 1 N–H and O–H groups in total. The molecule has 3 nitrogen and oxygen atoms in total. The quantitative estimate of drug-likeness (QED) is 0.693. The Labute approximate surface area is 137 Å². The van der Waals surface area contributed by atoms with Gasteiger partial charge in [0.05, 0.1) is 5.56 Å². The molecule has 0 fully saturated rings. The van der Waals surface area contributed by atoms with E-state index in [1.165, 1.54) is 30.3 Å². The molecule has 0 aliphatic rings. The summed E-state index contributed by atoms with van der Waals surface area (Å²) in [6.07, 6.45) is 0. The fourth-order valence-electron chi connectivity index (χ4n) is 2.42. The molecule has 0 bridgehead atoms. The summed E-state index contributed by atoms with van der Waals surface area (Å²) in [4.78, 5) is 11.0. The molecule has 0 aromatic heterocycles. The van der Waals surface area contributed by atoms with E-state index < -0.39 is 11.9 Å². The van der Waals surface area contributed by atoms with Crippen LogP contribution in [-0.2, 0) is 5.92 Å². The Bertz CT molecular complexity index is 897. The van der Waals surface area contributed by atoms with Crippen LogP contribution in [0.1, 0.15) is 22.8 Å². The molecule has 24 heavy (non-hydrogen) atoms. The zero-order valence-electron chi connectivity index (χ0n) is 12.8. The number of hydrogen-bond donors (Lipinski definition) is 1. The van der Waals surface area contributed by atoms with Crippen molar-refractivity contribution in [3.63, 3.8) is 0 Å². The number of rotatable bonds is 4. The van der Waals surface area contributed by atoms with Crippen LogP contribution >= 0.6 is 0 Å². The monoisotopic (exact) mass is 328 g/mol. The lowest BCUT2D eigenvalue weighted by Crippen LogP contribution is -2.06. The first-order valence-electron chi connectivity index (χ1n) is 7.27. The van der Waals surface area contributed by atoms with Crippen LogP contribution < -0.4 is 4.74 Å². The molecule has 122 valence electrons. The van der Waals surface area contributed by atoms with Crippen LogP contribution in [0.25, 0.3) is 10.8 Å². The highest BCUT2D eigenvalue weighted by atomic mass is 19.3. The first kappa shape index (κ1) is 15.9. The molecule has 0 unspecified atom stereocenters. The smallest absolute Gasteiger partial charge is 0.335 e. The molecule has 0 spiro atoms. The number of halogens is 2. The van der Waals surface area contributed by atoms with Crippen molar-refractivity contribution in [1.82, 2.24) is 0 Å². The van der Waals surface area contributed by atoms with Crippen LogP contribution in [-0.4, -0.2) is 11.1 Å². The lowest BCUT2D eigenvalue weighted by molar-refractivity contribution is 0.0174. The first-order valence-corrected chi connectivity index (χ1v) is 7.27. The number of aromatic carboxylic acids is 1. The van der Waals surface area contributed by atoms with Gasteiger partial charge in [-0.3, -0.25) is 0 Å². The number of carboxylic acid groups (broad SMARTS) is 1. The van der Waals surface area contributed by atoms with Crippen LogP contribution in [0.15, 0.2) is 60.7 Å². The number of fused-ring (bicyclic) bond motifs is 1. The fourth-order valence-corrected chi connectivity index (χ4v) is 2.42. The summed E-state index contributed by atoms with van der Waals surface area (Å²) in [5.41, 5.74) is 0.105. The van der Waals surface area contributed by atoms with Gasteiger partial charge in [-0.2, -0.15) is 0 Å². The highest BCUT2D eigenvalue weighted by molar-refractivity contribution is 5.96. The molecule has 3 aromatic carbocycles. The summed E-state index contributed by atoms with van der Waals surface area (Å²) in [5, 5.41) is 10.5. The van der Waals surface area contributed by atoms with Gasteiger partial charge >= 0.3 is 5.97 Å². The van der Waals surface area contributed by atoms with Crippen LogP contribution in [0.5, 0.6) is 11.5 Å². The Hall–Kier alpha value is -2.95. The lowest BCUT2D eigenvalue weighted by atomic mass is 10.1. The molecule has 0 amide bonds.